The van der Waals surface area contributed by atoms with E-state index in [0.717, 1.165) is 24.4 Å². The predicted molar refractivity (Wildman–Crippen MR) is 78.6 cm³/mol. The van der Waals surface area contributed by atoms with Crippen LogP contribution >= 0.6 is 0 Å². The molecule has 6 heteroatoms. The molecule has 1 rings (SSSR count). The summed E-state index contributed by atoms with van der Waals surface area (Å²) in [5.74, 6) is 0. The number of aromatic nitrogens is 2. The van der Waals surface area contributed by atoms with Gasteiger partial charge in [0.2, 0.25) is 0 Å². The summed E-state index contributed by atoms with van der Waals surface area (Å²) < 4.78 is 1.95. The minimum atomic E-state index is -0.332. The molecule has 0 aliphatic carbocycles. The number of nitrogens with zero attached hydrogens (tertiary/aromatic N) is 2. The van der Waals surface area contributed by atoms with Crippen LogP contribution in [0.2, 0.25) is 0 Å². The molecular weight excluding hydrogens is 256 g/mol. The number of carbonyl (C=O) groups is 1. The first-order valence-corrected chi connectivity index (χ1v) is 7.23. The first-order valence-electron chi connectivity index (χ1n) is 7.23. The standard InChI is InChI=1S/C14H26N4O2/c1-4-13(19)6-8-16-14(20)15-7-5-9-18-12(3)10-11(2)17-18/h10,13,19H,4-9H2,1-3H3,(H2,15,16,20). The Morgan fingerprint density at radius 2 is 2.10 bits per heavy atom. The van der Waals surface area contributed by atoms with E-state index in [-0.39, 0.29) is 12.1 Å². The number of nitrogens with one attached hydrogen (secondary N) is 2. The van der Waals surface area contributed by atoms with E-state index in [1.165, 1.54) is 0 Å². The number of aliphatic hydroxyl groups excluding tert-OH is 1. The van der Waals surface area contributed by atoms with Gasteiger partial charge in [-0.2, -0.15) is 5.10 Å². The summed E-state index contributed by atoms with van der Waals surface area (Å²) in [5, 5.41) is 19.3. The average Bonchev–Trinajstić information content (AvgIpc) is 2.73. The molecule has 0 fully saturated rings. The van der Waals surface area contributed by atoms with Crippen molar-refractivity contribution < 1.29 is 9.90 Å². The summed E-state index contributed by atoms with van der Waals surface area (Å²) in [7, 11) is 0. The van der Waals surface area contributed by atoms with Crippen LogP contribution in [-0.2, 0) is 6.54 Å². The summed E-state index contributed by atoms with van der Waals surface area (Å²) in [5.41, 5.74) is 2.16. The Hall–Kier alpha value is -1.56. The van der Waals surface area contributed by atoms with Crippen LogP contribution in [0.1, 0.15) is 37.6 Å². The van der Waals surface area contributed by atoms with Crippen molar-refractivity contribution in [2.24, 2.45) is 0 Å². The highest BCUT2D eigenvalue weighted by atomic mass is 16.3. The fraction of sp³-hybridized carbons (Fsp3) is 0.714. The van der Waals surface area contributed by atoms with Gasteiger partial charge >= 0.3 is 6.03 Å². The Labute approximate surface area is 120 Å². The molecule has 2 amide bonds. The van der Waals surface area contributed by atoms with E-state index in [9.17, 15) is 9.90 Å². The van der Waals surface area contributed by atoms with Gasteiger partial charge in [-0.1, -0.05) is 6.92 Å². The van der Waals surface area contributed by atoms with E-state index < -0.39 is 0 Å². The van der Waals surface area contributed by atoms with Crippen LogP contribution in [0.15, 0.2) is 6.07 Å². The first-order chi connectivity index (χ1) is 9.52. The van der Waals surface area contributed by atoms with Crippen LogP contribution in [0.4, 0.5) is 4.79 Å². The largest absolute Gasteiger partial charge is 0.393 e. The van der Waals surface area contributed by atoms with Crippen molar-refractivity contribution in [3.05, 3.63) is 17.5 Å². The molecule has 0 aliphatic heterocycles. The van der Waals surface area contributed by atoms with Gasteiger partial charge in [-0.15, -0.1) is 0 Å². The summed E-state index contributed by atoms with van der Waals surface area (Å²) in [6, 6.07) is 1.86. The minimum Gasteiger partial charge on any atom is -0.393 e. The maximum Gasteiger partial charge on any atom is 0.314 e. The van der Waals surface area contributed by atoms with E-state index in [1.807, 2.05) is 31.5 Å². The SMILES string of the molecule is CCC(O)CCNC(=O)NCCCn1nc(C)cc1C. The zero-order valence-corrected chi connectivity index (χ0v) is 12.6. The van der Waals surface area contributed by atoms with Gasteiger partial charge < -0.3 is 15.7 Å². The van der Waals surface area contributed by atoms with Crippen LogP contribution in [0.5, 0.6) is 0 Å². The Morgan fingerprint density at radius 3 is 2.70 bits per heavy atom. The third kappa shape index (κ3) is 6.06. The number of carbonyl (C=O) groups excluding carboxylic acids is 1. The lowest BCUT2D eigenvalue weighted by molar-refractivity contribution is 0.160. The topological polar surface area (TPSA) is 79.2 Å². The summed E-state index contributed by atoms with van der Waals surface area (Å²) in [6.07, 6.45) is 1.82. The lowest BCUT2D eigenvalue weighted by Gasteiger charge is -2.10. The maximum atomic E-state index is 11.5. The molecule has 0 saturated carbocycles. The van der Waals surface area contributed by atoms with Gasteiger partial charge in [0.1, 0.15) is 0 Å². The lowest BCUT2D eigenvalue weighted by atomic mass is 10.2. The number of hydrogen-bond acceptors (Lipinski definition) is 3. The number of hydrogen-bond donors (Lipinski definition) is 3. The van der Waals surface area contributed by atoms with Crippen molar-refractivity contribution >= 4 is 6.03 Å². The smallest absolute Gasteiger partial charge is 0.314 e. The molecule has 0 aromatic carbocycles. The molecule has 6 nitrogen and oxygen atoms in total. The summed E-state index contributed by atoms with van der Waals surface area (Å²) in [4.78, 5) is 11.5. The molecule has 0 radical (unpaired) electrons. The van der Waals surface area contributed by atoms with Crippen molar-refractivity contribution in [1.29, 1.82) is 0 Å². The average molecular weight is 282 g/mol. The first kappa shape index (κ1) is 16.5. The predicted octanol–water partition coefficient (Wildman–Crippen LogP) is 1.35. The van der Waals surface area contributed by atoms with Gasteiger partial charge in [-0.25, -0.2) is 4.79 Å². The Balaban J connectivity index is 2.09. The van der Waals surface area contributed by atoms with Crippen LogP contribution < -0.4 is 10.6 Å². The Bertz CT molecular complexity index is 417. The molecule has 1 atom stereocenters. The molecule has 0 saturated heterocycles. The molecule has 20 heavy (non-hydrogen) atoms. The van der Waals surface area contributed by atoms with Gasteiger partial charge in [-0.05, 0) is 39.2 Å². The molecular formula is C14H26N4O2. The van der Waals surface area contributed by atoms with Crippen LogP contribution in [0.3, 0.4) is 0 Å². The molecule has 1 unspecified atom stereocenters. The molecule has 114 valence electrons. The van der Waals surface area contributed by atoms with Crippen molar-refractivity contribution in [2.75, 3.05) is 13.1 Å². The van der Waals surface area contributed by atoms with Gasteiger partial charge in [0.15, 0.2) is 0 Å². The van der Waals surface area contributed by atoms with Crippen LogP contribution in [0, 0.1) is 13.8 Å². The maximum absolute atomic E-state index is 11.5. The highest BCUT2D eigenvalue weighted by molar-refractivity contribution is 5.73. The second-order valence-electron chi connectivity index (χ2n) is 5.04. The minimum absolute atomic E-state index is 0.179. The molecule has 0 bridgehead atoms. The van der Waals surface area contributed by atoms with Crippen molar-refractivity contribution in [3.63, 3.8) is 0 Å². The summed E-state index contributed by atoms with van der Waals surface area (Å²) >= 11 is 0. The van der Waals surface area contributed by atoms with Gasteiger partial charge in [0.05, 0.1) is 11.8 Å². The third-order valence-corrected chi connectivity index (χ3v) is 3.17. The van der Waals surface area contributed by atoms with E-state index in [4.69, 9.17) is 0 Å². The summed E-state index contributed by atoms with van der Waals surface area (Å²) in [6.45, 7) is 7.83. The van der Waals surface area contributed by atoms with Crippen molar-refractivity contribution in [1.82, 2.24) is 20.4 Å². The van der Waals surface area contributed by atoms with E-state index >= 15 is 0 Å². The number of amides is 2. The Kier molecular flexibility index (Phi) is 7.08. The number of aliphatic hydroxyl groups is 1. The highest BCUT2D eigenvalue weighted by Gasteiger charge is 2.04. The molecule has 0 spiro atoms. The zero-order chi connectivity index (χ0) is 15.0. The normalized spacial score (nSPS) is 12.2. The second-order valence-corrected chi connectivity index (χ2v) is 5.04. The van der Waals surface area contributed by atoms with Crippen molar-refractivity contribution in [2.45, 2.75) is 52.7 Å². The number of urea groups is 1. The third-order valence-electron chi connectivity index (χ3n) is 3.17. The van der Waals surface area contributed by atoms with Crippen molar-refractivity contribution in [3.8, 4) is 0 Å². The number of rotatable bonds is 8. The fourth-order valence-electron chi connectivity index (χ4n) is 1.95. The fourth-order valence-corrected chi connectivity index (χ4v) is 1.95. The zero-order valence-electron chi connectivity index (χ0n) is 12.6. The van der Waals surface area contributed by atoms with Gasteiger partial charge in [-0.3, -0.25) is 4.68 Å². The molecule has 1 heterocycles. The highest BCUT2D eigenvalue weighted by Crippen LogP contribution is 2.02. The van der Waals surface area contributed by atoms with E-state index in [0.29, 0.717) is 25.9 Å². The molecule has 0 aliphatic rings. The second kappa shape index (κ2) is 8.58. The van der Waals surface area contributed by atoms with Crippen LogP contribution in [-0.4, -0.2) is 40.1 Å². The van der Waals surface area contributed by atoms with E-state index in [1.54, 1.807) is 0 Å². The quantitative estimate of drug-likeness (QED) is 0.630. The molecule has 1 aromatic heterocycles. The van der Waals surface area contributed by atoms with E-state index in [2.05, 4.69) is 15.7 Å². The number of aryl methyl sites for hydroxylation is 3. The molecule has 3 N–H and O–H groups in total. The Morgan fingerprint density at radius 1 is 1.40 bits per heavy atom. The monoisotopic (exact) mass is 282 g/mol. The van der Waals surface area contributed by atoms with Gasteiger partial charge in [0, 0.05) is 25.3 Å². The van der Waals surface area contributed by atoms with Crippen LogP contribution in [0.25, 0.3) is 0 Å². The molecule has 1 aromatic rings. The van der Waals surface area contributed by atoms with Gasteiger partial charge in [0.25, 0.3) is 0 Å². The lowest BCUT2D eigenvalue weighted by Crippen LogP contribution is -2.37.